The van der Waals surface area contributed by atoms with Crippen molar-refractivity contribution in [2.75, 3.05) is 6.54 Å². The maximum Gasteiger partial charge on any atom is 0.133 e. The van der Waals surface area contributed by atoms with Crippen molar-refractivity contribution in [3.8, 4) is 0 Å². The van der Waals surface area contributed by atoms with Crippen LogP contribution in [0.15, 0.2) is 24.5 Å². The molecule has 0 spiro atoms. The number of nitrogens with zero attached hydrogens (tertiary/aromatic N) is 3. The van der Waals surface area contributed by atoms with Crippen LogP contribution in [0.4, 0.5) is 8.78 Å². The highest BCUT2D eigenvalue weighted by atomic mass is 19.1. The highest BCUT2D eigenvalue weighted by Crippen LogP contribution is 2.15. The molecule has 102 valence electrons. The molecule has 0 aliphatic rings. The van der Waals surface area contributed by atoms with Crippen molar-refractivity contribution in [1.29, 1.82) is 0 Å². The number of halogens is 2. The first-order valence-corrected chi connectivity index (χ1v) is 6.08. The average Bonchev–Trinajstić information content (AvgIpc) is 2.74. The topological polar surface area (TPSA) is 42.7 Å². The SMILES string of the molecule is CC(NCCc1nncn1C)c1cc(F)cc(F)c1. The van der Waals surface area contributed by atoms with Gasteiger partial charge in [0.25, 0.3) is 0 Å². The quantitative estimate of drug-likeness (QED) is 0.900. The summed E-state index contributed by atoms with van der Waals surface area (Å²) in [6.07, 6.45) is 2.35. The summed E-state index contributed by atoms with van der Waals surface area (Å²) in [5, 5.41) is 11.0. The molecule has 0 saturated heterocycles. The molecule has 6 heteroatoms. The molecule has 0 aliphatic carbocycles. The van der Waals surface area contributed by atoms with E-state index in [4.69, 9.17) is 0 Å². The third-order valence-corrected chi connectivity index (χ3v) is 2.99. The molecule has 2 aromatic rings. The molecule has 19 heavy (non-hydrogen) atoms. The van der Waals surface area contributed by atoms with E-state index in [0.717, 1.165) is 11.9 Å². The maximum atomic E-state index is 13.1. The molecule has 1 aromatic carbocycles. The van der Waals surface area contributed by atoms with Crippen LogP contribution in [-0.4, -0.2) is 21.3 Å². The summed E-state index contributed by atoms with van der Waals surface area (Å²) >= 11 is 0. The van der Waals surface area contributed by atoms with Crippen molar-refractivity contribution < 1.29 is 8.78 Å². The van der Waals surface area contributed by atoms with Crippen LogP contribution < -0.4 is 5.32 Å². The van der Waals surface area contributed by atoms with E-state index in [1.165, 1.54) is 12.1 Å². The van der Waals surface area contributed by atoms with Gasteiger partial charge in [-0.1, -0.05) is 0 Å². The fourth-order valence-electron chi connectivity index (χ4n) is 1.88. The van der Waals surface area contributed by atoms with Gasteiger partial charge in [0.15, 0.2) is 0 Å². The van der Waals surface area contributed by atoms with Crippen molar-refractivity contribution in [2.45, 2.75) is 19.4 Å². The normalized spacial score (nSPS) is 12.6. The average molecular weight is 266 g/mol. The second-order valence-electron chi connectivity index (χ2n) is 4.49. The summed E-state index contributed by atoms with van der Waals surface area (Å²) in [6, 6.07) is 3.42. The number of rotatable bonds is 5. The van der Waals surface area contributed by atoms with Gasteiger partial charge in [-0.3, -0.25) is 0 Å². The molecule has 2 rings (SSSR count). The Morgan fingerprint density at radius 1 is 1.26 bits per heavy atom. The van der Waals surface area contributed by atoms with Gasteiger partial charge in [-0.15, -0.1) is 10.2 Å². The molecule has 0 fully saturated rings. The Hall–Kier alpha value is -1.82. The Labute approximate surface area is 110 Å². The smallest absolute Gasteiger partial charge is 0.133 e. The Balaban J connectivity index is 1.90. The van der Waals surface area contributed by atoms with E-state index >= 15 is 0 Å². The van der Waals surface area contributed by atoms with Crippen LogP contribution in [0.2, 0.25) is 0 Å². The second-order valence-corrected chi connectivity index (χ2v) is 4.49. The lowest BCUT2D eigenvalue weighted by molar-refractivity contribution is 0.541. The van der Waals surface area contributed by atoms with Gasteiger partial charge in [0.1, 0.15) is 23.8 Å². The van der Waals surface area contributed by atoms with Gasteiger partial charge >= 0.3 is 0 Å². The van der Waals surface area contributed by atoms with Crippen molar-refractivity contribution in [1.82, 2.24) is 20.1 Å². The first kappa shape index (κ1) is 13.6. The van der Waals surface area contributed by atoms with Crippen molar-refractivity contribution in [2.24, 2.45) is 7.05 Å². The maximum absolute atomic E-state index is 13.1. The molecule has 1 N–H and O–H groups in total. The number of nitrogens with one attached hydrogen (secondary N) is 1. The molecular formula is C13H16F2N4. The Morgan fingerprint density at radius 2 is 1.95 bits per heavy atom. The number of hydrogen-bond donors (Lipinski definition) is 1. The Bertz CT molecular complexity index is 533. The molecule has 1 unspecified atom stereocenters. The van der Waals surface area contributed by atoms with Crippen LogP contribution in [0.3, 0.4) is 0 Å². The summed E-state index contributed by atoms with van der Waals surface area (Å²) in [4.78, 5) is 0. The Kier molecular flexibility index (Phi) is 4.21. The van der Waals surface area contributed by atoms with E-state index < -0.39 is 11.6 Å². The number of hydrogen-bond acceptors (Lipinski definition) is 3. The summed E-state index contributed by atoms with van der Waals surface area (Å²) < 4.78 is 28.0. The monoisotopic (exact) mass is 266 g/mol. The van der Waals surface area contributed by atoms with Crippen molar-refractivity contribution in [3.05, 3.63) is 47.5 Å². The minimum Gasteiger partial charge on any atom is -0.321 e. The van der Waals surface area contributed by atoms with Crippen LogP contribution in [0.25, 0.3) is 0 Å². The molecular weight excluding hydrogens is 250 g/mol. The zero-order valence-corrected chi connectivity index (χ0v) is 10.9. The third-order valence-electron chi connectivity index (χ3n) is 2.99. The third kappa shape index (κ3) is 3.57. The lowest BCUT2D eigenvalue weighted by atomic mass is 10.1. The van der Waals surface area contributed by atoms with Crippen LogP contribution >= 0.6 is 0 Å². The van der Waals surface area contributed by atoms with Crippen LogP contribution in [0, 0.1) is 11.6 Å². The molecule has 4 nitrogen and oxygen atoms in total. The van der Waals surface area contributed by atoms with Gasteiger partial charge in [0.2, 0.25) is 0 Å². The standard InChI is InChI=1S/C13H16F2N4/c1-9(10-5-11(14)7-12(15)6-10)16-4-3-13-18-17-8-19(13)2/h5-9,16H,3-4H2,1-2H3. The molecule has 0 saturated carbocycles. The van der Waals surface area contributed by atoms with E-state index in [1.807, 2.05) is 18.5 Å². The first-order chi connectivity index (χ1) is 9.06. The van der Waals surface area contributed by atoms with E-state index in [0.29, 0.717) is 18.5 Å². The zero-order valence-electron chi connectivity index (χ0n) is 10.9. The summed E-state index contributed by atoms with van der Waals surface area (Å²) in [5.41, 5.74) is 0.593. The van der Waals surface area contributed by atoms with Crippen molar-refractivity contribution >= 4 is 0 Å². The largest absolute Gasteiger partial charge is 0.321 e. The number of benzene rings is 1. The van der Waals surface area contributed by atoms with Gasteiger partial charge in [0, 0.05) is 32.1 Å². The zero-order chi connectivity index (χ0) is 13.8. The van der Waals surface area contributed by atoms with Gasteiger partial charge < -0.3 is 9.88 Å². The minimum absolute atomic E-state index is 0.126. The van der Waals surface area contributed by atoms with E-state index in [9.17, 15) is 8.78 Å². The summed E-state index contributed by atoms with van der Waals surface area (Å²) in [7, 11) is 1.88. The van der Waals surface area contributed by atoms with Gasteiger partial charge in [-0.25, -0.2) is 8.78 Å². The van der Waals surface area contributed by atoms with Crippen molar-refractivity contribution in [3.63, 3.8) is 0 Å². The van der Waals surface area contributed by atoms with E-state index in [1.54, 1.807) is 6.33 Å². The fourth-order valence-corrected chi connectivity index (χ4v) is 1.88. The first-order valence-electron chi connectivity index (χ1n) is 6.08. The molecule has 1 heterocycles. The molecule has 0 bridgehead atoms. The molecule has 0 amide bonds. The summed E-state index contributed by atoms with van der Waals surface area (Å²) in [6.45, 7) is 2.52. The molecule has 0 aliphatic heterocycles. The molecule has 1 atom stereocenters. The number of aryl methyl sites for hydroxylation is 1. The van der Waals surface area contributed by atoms with Crippen LogP contribution in [-0.2, 0) is 13.5 Å². The van der Waals surface area contributed by atoms with Gasteiger partial charge in [0.05, 0.1) is 0 Å². The summed E-state index contributed by atoms with van der Waals surface area (Å²) in [5.74, 6) is -0.251. The minimum atomic E-state index is -0.558. The van der Waals surface area contributed by atoms with E-state index in [2.05, 4.69) is 15.5 Å². The van der Waals surface area contributed by atoms with Gasteiger partial charge in [-0.2, -0.15) is 0 Å². The predicted octanol–water partition coefficient (Wildman–Crippen LogP) is 1.99. The van der Waals surface area contributed by atoms with Crippen LogP contribution in [0.5, 0.6) is 0 Å². The van der Waals surface area contributed by atoms with Crippen LogP contribution in [0.1, 0.15) is 24.4 Å². The second kappa shape index (κ2) is 5.88. The van der Waals surface area contributed by atoms with Gasteiger partial charge in [-0.05, 0) is 24.6 Å². The highest BCUT2D eigenvalue weighted by molar-refractivity contribution is 5.20. The lowest BCUT2D eigenvalue weighted by Gasteiger charge is -2.14. The molecule has 0 radical (unpaired) electrons. The fraction of sp³-hybridized carbons (Fsp3) is 0.385. The predicted molar refractivity (Wildman–Crippen MR) is 67.5 cm³/mol. The highest BCUT2D eigenvalue weighted by Gasteiger charge is 2.09. The Morgan fingerprint density at radius 3 is 2.53 bits per heavy atom. The lowest BCUT2D eigenvalue weighted by Crippen LogP contribution is -2.22. The number of aromatic nitrogens is 3. The van der Waals surface area contributed by atoms with E-state index in [-0.39, 0.29) is 6.04 Å². The molecule has 1 aromatic heterocycles.